The zero-order valence-electron chi connectivity index (χ0n) is 18.1. The van der Waals surface area contributed by atoms with Crippen molar-refractivity contribution >= 4 is 11.6 Å². The van der Waals surface area contributed by atoms with E-state index in [-0.39, 0.29) is 23.4 Å². The fraction of sp³-hybridized carbons (Fsp3) is 0.273. The van der Waals surface area contributed by atoms with Crippen LogP contribution in [0.3, 0.4) is 0 Å². The molecule has 1 atom stereocenters. The minimum Gasteiger partial charge on any atom is -0.497 e. The van der Waals surface area contributed by atoms with Crippen molar-refractivity contribution in [1.29, 1.82) is 0 Å². The first-order valence-electron chi connectivity index (χ1n) is 9.91. The van der Waals surface area contributed by atoms with E-state index in [4.69, 9.17) is 9.47 Å². The molecular formula is C22H23FN4O5. The number of carbonyl (C=O) groups excluding carboxylic acids is 1. The van der Waals surface area contributed by atoms with Crippen molar-refractivity contribution in [2.75, 3.05) is 7.11 Å². The number of amides is 1. The normalized spacial score (nSPS) is 11.7. The van der Waals surface area contributed by atoms with Gasteiger partial charge in [0.05, 0.1) is 23.8 Å². The van der Waals surface area contributed by atoms with Gasteiger partial charge in [0.15, 0.2) is 17.3 Å². The third-order valence-electron chi connectivity index (χ3n) is 4.92. The molecule has 1 aromatic heterocycles. The quantitative estimate of drug-likeness (QED) is 0.405. The Labute approximate surface area is 183 Å². The fourth-order valence-electron chi connectivity index (χ4n) is 2.90. The van der Waals surface area contributed by atoms with E-state index in [2.05, 4.69) is 10.4 Å². The van der Waals surface area contributed by atoms with Crippen LogP contribution in [0.15, 0.2) is 42.5 Å². The number of carbonyl (C=O) groups is 1. The lowest BCUT2D eigenvalue weighted by molar-refractivity contribution is -0.385. The average Bonchev–Trinajstić information content (AvgIpc) is 3.11. The van der Waals surface area contributed by atoms with Gasteiger partial charge in [0.25, 0.3) is 11.6 Å². The molecule has 3 rings (SSSR count). The van der Waals surface area contributed by atoms with E-state index in [1.165, 1.54) is 11.8 Å². The number of rotatable bonds is 8. The minimum absolute atomic E-state index is 0.0653. The van der Waals surface area contributed by atoms with Gasteiger partial charge in [-0.05, 0) is 50.6 Å². The molecule has 10 heteroatoms. The molecule has 9 nitrogen and oxygen atoms in total. The Morgan fingerprint density at radius 1 is 1.28 bits per heavy atom. The number of nitrogens with zero attached hydrogens (tertiary/aromatic N) is 3. The highest BCUT2D eigenvalue weighted by Gasteiger charge is 2.25. The molecule has 0 aliphatic heterocycles. The van der Waals surface area contributed by atoms with Crippen LogP contribution in [-0.2, 0) is 0 Å². The smallest absolute Gasteiger partial charge is 0.272 e. The van der Waals surface area contributed by atoms with Crippen molar-refractivity contribution < 1.29 is 23.6 Å². The molecule has 1 amide bonds. The zero-order valence-corrected chi connectivity index (χ0v) is 18.1. The van der Waals surface area contributed by atoms with E-state index in [0.29, 0.717) is 17.0 Å². The first kappa shape index (κ1) is 22.7. The monoisotopic (exact) mass is 442 g/mol. The number of nitro benzene ring substituents is 1. The second-order valence-electron chi connectivity index (χ2n) is 7.15. The maximum atomic E-state index is 14.5. The van der Waals surface area contributed by atoms with Crippen LogP contribution in [0.4, 0.5) is 10.1 Å². The number of hydrogen-bond donors (Lipinski definition) is 1. The molecule has 0 saturated carbocycles. The first-order valence-corrected chi connectivity index (χ1v) is 9.91. The summed E-state index contributed by atoms with van der Waals surface area (Å²) in [5.74, 6) is -0.805. The van der Waals surface area contributed by atoms with Crippen LogP contribution < -0.4 is 14.8 Å². The molecule has 1 N–H and O–H groups in total. The molecule has 3 aromatic rings. The maximum absolute atomic E-state index is 14.5. The van der Waals surface area contributed by atoms with Gasteiger partial charge in [-0.3, -0.25) is 14.9 Å². The SMILES string of the molecule is CCC(C)NC(=O)c1nn(-c2ccc(OC)cc2)c(Oc2ccc([N+](=O)[O-])cc2F)c1C. The molecule has 2 aromatic carbocycles. The number of methoxy groups -OCH3 is 1. The summed E-state index contributed by atoms with van der Waals surface area (Å²) in [7, 11) is 1.54. The van der Waals surface area contributed by atoms with Gasteiger partial charge in [-0.2, -0.15) is 9.78 Å². The van der Waals surface area contributed by atoms with Crippen molar-refractivity contribution in [3.05, 3.63) is 69.7 Å². The number of benzene rings is 2. The lowest BCUT2D eigenvalue weighted by Crippen LogP contribution is -2.32. The molecule has 1 unspecified atom stereocenters. The van der Waals surface area contributed by atoms with Crippen LogP contribution in [0, 0.1) is 22.9 Å². The van der Waals surface area contributed by atoms with Gasteiger partial charge >= 0.3 is 0 Å². The summed E-state index contributed by atoms with van der Waals surface area (Å²) >= 11 is 0. The van der Waals surface area contributed by atoms with E-state index in [9.17, 15) is 19.3 Å². The van der Waals surface area contributed by atoms with E-state index >= 15 is 0 Å². The second-order valence-corrected chi connectivity index (χ2v) is 7.15. The third-order valence-corrected chi connectivity index (χ3v) is 4.92. The predicted octanol–water partition coefficient (Wildman–Crippen LogP) is 4.56. The lowest BCUT2D eigenvalue weighted by atomic mass is 10.2. The number of nitrogens with one attached hydrogen (secondary N) is 1. The van der Waals surface area contributed by atoms with Gasteiger partial charge in [0.2, 0.25) is 5.88 Å². The van der Waals surface area contributed by atoms with E-state index in [1.54, 1.807) is 31.2 Å². The van der Waals surface area contributed by atoms with Crippen molar-refractivity contribution in [2.24, 2.45) is 0 Å². The average molecular weight is 442 g/mol. The summed E-state index contributed by atoms with van der Waals surface area (Å²) in [5.41, 5.74) is 0.662. The van der Waals surface area contributed by atoms with Gasteiger partial charge in [-0.15, -0.1) is 0 Å². The highest BCUT2D eigenvalue weighted by molar-refractivity contribution is 5.94. The van der Waals surface area contributed by atoms with Gasteiger partial charge in [-0.1, -0.05) is 6.92 Å². The first-order chi connectivity index (χ1) is 15.2. The molecule has 0 saturated heterocycles. The molecule has 0 bridgehead atoms. The summed E-state index contributed by atoms with van der Waals surface area (Å²) in [6, 6.07) is 9.85. The van der Waals surface area contributed by atoms with Gasteiger partial charge in [-0.25, -0.2) is 4.39 Å². The molecule has 32 heavy (non-hydrogen) atoms. The third kappa shape index (κ3) is 4.69. The molecule has 168 valence electrons. The second kappa shape index (κ2) is 9.46. The lowest BCUT2D eigenvalue weighted by Gasteiger charge is -2.11. The summed E-state index contributed by atoms with van der Waals surface area (Å²) in [5, 5.41) is 18.1. The Morgan fingerprint density at radius 2 is 1.97 bits per heavy atom. The Morgan fingerprint density at radius 3 is 2.53 bits per heavy atom. The highest BCUT2D eigenvalue weighted by atomic mass is 19.1. The Kier molecular flexibility index (Phi) is 6.72. The van der Waals surface area contributed by atoms with Crippen LogP contribution in [-0.4, -0.2) is 33.8 Å². The number of halogens is 1. The van der Waals surface area contributed by atoms with E-state index in [0.717, 1.165) is 24.6 Å². The van der Waals surface area contributed by atoms with Crippen LogP contribution in [0.1, 0.15) is 36.3 Å². The Hall–Kier alpha value is -3.95. The Bertz CT molecular complexity index is 1140. The van der Waals surface area contributed by atoms with Crippen LogP contribution in [0.2, 0.25) is 0 Å². The van der Waals surface area contributed by atoms with Crippen molar-refractivity contribution in [3.8, 4) is 23.1 Å². The molecule has 0 fully saturated rings. The molecule has 0 spiro atoms. The van der Waals surface area contributed by atoms with Crippen molar-refractivity contribution in [2.45, 2.75) is 33.2 Å². The molecule has 0 aliphatic rings. The van der Waals surface area contributed by atoms with Gasteiger partial charge in [0.1, 0.15) is 5.75 Å². The van der Waals surface area contributed by atoms with Gasteiger partial charge < -0.3 is 14.8 Å². The standard InChI is InChI=1S/C22H23FN4O5/c1-5-13(2)24-21(28)20-14(3)22(26(25-20)15-6-9-17(31-4)10-7-15)32-19-11-8-16(27(29)30)12-18(19)23/h6-13H,5H2,1-4H3,(H,24,28). The fourth-order valence-corrected chi connectivity index (χ4v) is 2.90. The zero-order chi connectivity index (χ0) is 23.4. The summed E-state index contributed by atoms with van der Waals surface area (Å²) in [6.45, 7) is 5.45. The topological polar surface area (TPSA) is 109 Å². The van der Waals surface area contributed by atoms with Crippen LogP contribution in [0.25, 0.3) is 5.69 Å². The molecular weight excluding hydrogens is 419 g/mol. The highest BCUT2D eigenvalue weighted by Crippen LogP contribution is 2.33. The van der Waals surface area contributed by atoms with Crippen LogP contribution in [0.5, 0.6) is 17.4 Å². The van der Waals surface area contributed by atoms with Crippen molar-refractivity contribution in [3.63, 3.8) is 0 Å². The molecule has 0 radical (unpaired) electrons. The van der Waals surface area contributed by atoms with E-state index in [1.807, 2.05) is 13.8 Å². The predicted molar refractivity (Wildman–Crippen MR) is 115 cm³/mol. The number of aromatic nitrogens is 2. The molecule has 1 heterocycles. The summed E-state index contributed by atoms with van der Waals surface area (Å²) in [6.07, 6.45) is 0.737. The van der Waals surface area contributed by atoms with Crippen LogP contribution >= 0.6 is 0 Å². The van der Waals surface area contributed by atoms with Crippen molar-refractivity contribution in [1.82, 2.24) is 15.1 Å². The van der Waals surface area contributed by atoms with E-state index < -0.39 is 22.3 Å². The largest absolute Gasteiger partial charge is 0.497 e. The number of non-ortho nitro benzene ring substituents is 1. The number of hydrogen-bond acceptors (Lipinski definition) is 6. The maximum Gasteiger partial charge on any atom is 0.272 e. The Balaban J connectivity index is 2.07. The summed E-state index contributed by atoms with van der Waals surface area (Å²) < 4.78 is 26.8. The minimum atomic E-state index is -0.910. The van der Waals surface area contributed by atoms with Gasteiger partial charge in [0, 0.05) is 17.7 Å². The number of ether oxygens (including phenoxy) is 2. The number of nitro groups is 1. The molecule has 0 aliphatic carbocycles. The summed E-state index contributed by atoms with van der Waals surface area (Å²) in [4.78, 5) is 23.0.